The Balaban J connectivity index is 2.28. The molecule has 0 radical (unpaired) electrons. The first-order valence-electron chi connectivity index (χ1n) is 4.68. The topological polar surface area (TPSA) is 35.2 Å². The Kier molecular flexibility index (Phi) is 2.53. The lowest BCUT2D eigenvalue weighted by atomic mass is 10.0. The first-order chi connectivity index (χ1) is 7.76. The van der Waals surface area contributed by atoms with Crippen LogP contribution in [-0.2, 0) is 5.54 Å². The molecular formula is C10H8F5NO. The predicted molar refractivity (Wildman–Crippen MR) is 48.5 cm³/mol. The molecule has 0 amide bonds. The molecule has 2 nitrogen and oxygen atoms in total. The fourth-order valence-corrected chi connectivity index (χ4v) is 1.63. The summed E-state index contributed by atoms with van der Waals surface area (Å²) in [5, 5.41) is 0. The Morgan fingerprint density at radius 2 is 1.88 bits per heavy atom. The van der Waals surface area contributed by atoms with E-state index in [0.717, 1.165) is 12.1 Å². The maximum Gasteiger partial charge on any atom is 0.387 e. The molecule has 1 aliphatic carbocycles. The summed E-state index contributed by atoms with van der Waals surface area (Å²) < 4.78 is 66.9. The summed E-state index contributed by atoms with van der Waals surface area (Å²) in [6.45, 7) is -3.10. The van der Waals surface area contributed by atoms with E-state index >= 15 is 0 Å². The van der Waals surface area contributed by atoms with E-state index in [1.165, 1.54) is 0 Å². The van der Waals surface area contributed by atoms with Crippen molar-refractivity contribution in [1.29, 1.82) is 0 Å². The highest BCUT2D eigenvalue weighted by molar-refractivity contribution is 5.40. The van der Waals surface area contributed by atoms with Gasteiger partial charge in [-0.2, -0.15) is 8.78 Å². The van der Waals surface area contributed by atoms with Crippen molar-refractivity contribution in [2.45, 2.75) is 24.5 Å². The fourth-order valence-electron chi connectivity index (χ4n) is 1.63. The summed E-state index contributed by atoms with van der Waals surface area (Å²) in [5.74, 6) is -4.68. The molecule has 1 aromatic rings. The predicted octanol–water partition coefficient (Wildman–Crippen LogP) is 2.62. The van der Waals surface area contributed by atoms with Crippen LogP contribution in [0.2, 0.25) is 0 Å². The molecule has 2 rings (SSSR count). The number of ether oxygens (including phenoxy) is 1. The molecule has 2 N–H and O–H groups in total. The molecule has 1 aliphatic rings. The number of rotatable bonds is 3. The van der Waals surface area contributed by atoms with Gasteiger partial charge in [0.2, 0.25) is 0 Å². The van der Waals surface area contributed by atoms with E-state index in [9.17, 15) is 22.0 Å². The monoisotopic (exact) mass is 253 g/mol. The van der Waals surface area contributed by atoms with Crippen molar-refractivity contribution in [3.05, 3.63) is 29.6 Å². The third-order valence-corrected chi connectivity index (χ3v) is 2.67. The number of halogens is 5. The Morgan fingerprint density at radius 3 is 2.29 bits per heavy atom. The lowest BCUT2D eigenvalue weighted by Gasteiger charge is -2.13. The number of alkyl halides is 4. The van der Waals surface area contributed by atoms with Gasteiger partial charge in [0, 0.05) is 18.1 Å². The van der Waals surface area contributed by atoms with Crippen molar-refractivity contribution < 1.29 is 26.7 Å². The molecule has 0 aliphatic heterocycles. The van der Waals surface area contributed by atoms with Crippen LogP contribution in [0.3, 0.4) is 0 Å². The fraction of sp³-hybridized carbons (Fsp3) is 0.400. The Bertz CT molecular complexity index is 450. The zero-order chi connectivity index (χ0) is 12.8. The van der Waals surface area contributed by atoms with Crippen molar-refractivity contribution in [2.75, 3.05) is 0 Å². The van der Waals surface area contributed by atoms with E-state index < -0.39 is 41.6 Å². The van der Waals surface area contributed by atoms with Crippen LogP contribution in [0.25, 0.3) is 0 Å². The smallest absolute Gasteiger partial charge is 0.387 e. The second-order valence-electron chi connectivity index (χ2n) is 3.87. The van der Waals surface area contributed by atoms with Gasteiger partial charge in [-0.15, -0.1) is 0 Å². The first kappa shape index (κ1) is 12.1. The molecule has 0 saturated heterocycles. The minimum Gasteiger partial charge on any atom is -0.435 e. The molecule has 1 fully saturated rings. The molecule has 0 bridgehead atoms. The van der Waals surface area contributed by atoms with E-state index in [1.807, 2.05) is 0 Å². The van der Waals surface area contributed by atoms with Gasteiger partial charge in [0.05, 0.1) is 0 Å². The molecule has 1 saturated carbocycles. The zero-order valence-electron chi connectivity index (χ0n) is 8.39. The van der Waals surface area contributed by atoms with Crippen LogP contribution >= 0.6 is 0 Å². The van der Waals surface area contributed by atoms with Gasteiger partial charge in [-0.25, -0.2) is 13.2 Å². The SMILES string of the molecule is NC1(c2ccc(OC(F)F)cc2F)CC1(F)F. The van der Waals surface area contributed by atoms with Gasteiger partial charge in [0.25, 0.3) is 5.92 Å². The molecule has 1 atom stereocenters. The highest BCUT2D eigenvalue weighted by Crippen LogP contribution is 2.58. The van der Waals surface area contributed by atoms with E-state index in [1.54, 1.807) is 0 Å². The molecule has 94 valence electrons. The third kappa shape index (κ3) is 1.95. The van der Waals surface area contributed by atoms with Crippen LogP contribution in [0.5, 0.6) is 5.75 Å². The summed E-state index contributed by atoms with van der Waals surface area (Å²) in [6, 6.07) is 2.53. The molecule has 1 aromatic carbocycles. The molecule has 0 aromatic heterocycles. The summed E-state index contributed by atoms with van der Waals surface area (Å²) in [4.78, 5) is 0. The highest BCUT2D eigenvalue weighted by Gasteiger charge is 2.70. The average molecular weight is 253 g/mol. The van der Waals surface area contributed by atoms with Crippen LogP contribution in [-0.4, -0.2) is 12.5 Å². The van der Waals surface area contributed by atoms with Crippen LogP contribution < -0.4 is 10.5 Å². The number of hydrogen-bond acceptors (Lipinski definition) is 2. The maximum atomic E-state index is 13.4. The van der Waals surface area contributed by atoms with Gasteiger partial charge in [-0.05, 0) is 6.07 Å². The number of nitrogens with two attached hydrogens (primary N) is 1. The van der Waals surface area contributed by atoms with E-state index in [0.29, 0.717) is 6.07 Å². The second-order valence-corrected chi connectivity index (χ2v) is 3.87. The quantitative estimate of drug-likeness (QED) is 0.840. The van der Waals surface area contributed by atoms with Gasteiger partial charge in [0.1, 0.15) is 17.1 Å². The average Bonchev–Trinajstić information content (AvgIpc) is 2.64. The van der Waals surface area contributed by atoms with Crippen molar-refractivity contribution in [3.8, 4) is 5.75 Å². The van der Waals surface area contributed by atoms with Crippen molar-refractivity contribution in [1.82, 2.24) is 0 Å². The van der Waals surface area contributed by atoms with Crippen LogP contribution in [0.15, 0.2) is 18.2 Å². The number of benzene rings is 1. The molecule has 7 heteroatoms. The third-order valence-electron chi connectivity index (χ3n) is 2.67. The molecule has 0 heterocycles. The first-order valence-corrected chi connectivity index (χ1v) is 4.68. The minimum absolute atomic E-state index is 0.399. The molecule has 0 spiro atoms. The van der Waals surface area contributed by atoms with Crippen LogP contribution in [0.1, 0.15) is 12.0 Å². The summed E-state index contributed by atoms with van der Waals surface area (Å²) >= 11 is 0. The van der Waals surface area contributed by atoms with Crippen molar-refractivity contribution in [2.24, 2.45) is 5.73 Å². The normalized spacial score (nSPS) is 26.1. The van der Waals surface area contributed by atoms with E-state index in [-0.39, 0.29) is 0 Å². The minimum atomic E-state index is -3.17. The van der Waals surface area contributed by atoms with Crippen molar-refractivity contribution >= 4 is 0 Å². The maximum absolute atomic E-state index is 13.4. The van der Waals surface area contributed by atoms with Gasteiger partial charge in [-0.1, -0.05) is 6.07 Å². The second kappa shape index (κ2) is 3.56. The number of hydrogen-bond donors (Lipinski definition) is 1. The molecule has 17 heavy (non-hydrogen) atoms. The Labute approximate surface area is 93.2 Å². The van der Waals surface area contributed by atoms with Gasteiger partial charge >= 0.3 is 6.61 Å². The Hall–Kier alpha value is -1.37. The molecular weight excluding hydrogens is 245 g/mol. The summed E-state index contributed by atoms with van der Waals surface area (Å²) in [6.07, 6.45) is -0.661. The summed E-state index contributed by atoms with van der Waals surface area (Å²) in [7, 11) is 0. The van der Waals surface area contributed by atoms with Crippen LogP contribution in [0.4, 0.5) is 22.0 Å². The molecule has 1 unspecified atom stereocenters. The zero-order valence-corrected chi connectivity index (χ0v) is 8.39. The lowest BCUT2D eigenvalue weighted by Crippen LogP contribution is -2.28. The summed E-state index contributed by atoms with van der Waals surface area (Å²) in [5.41, 5.74) is 2.88. The highest BCUT2D eigenvalue weighted by atomic mass is 19.3. The lowest BCUT2D eigenvalue weighted by molar-refractivity contribution is -0.0500. The van der Waals surface area contributed by atoms with Crippen LogP contribution in [0, 0.1) is 5.82 Å². The largest absolute Gasteiger partial charge is 0.435 e. The van der Waals surface area contributed by atoms with E-state index in [4.69, 9.17) is 5.73 Å². The standard InChI is InChI=1S/C10H8F5NO/c11-7-3-5(17-8(12)13)1-2-6(7)9(16)4-10(9,14)15/h1-3,8H,4,16H2. The van der Waals surface area contributed by atoms with Gasteiger partial charge in [0.15, 0.2) is 0 Å². The Morgan fingerprint density at radius 1 is 1.29 bits per heavy atom. The van der Waals surface area contributed by atoms with Gasteiger partial charge in [-0.3, -0.25) is 0 Å². The van der Waals surface area contributed by atoms with Crippen molar-refractivity contribution in [3.63, 3.8) is 0 Å². The van der Waals surface area contributed by atoms with Gasteiger partial charge < -0.3 is 10.5 Å². The van der Waals surface area contributed by atoms with E-state index in [2.05, 4.69) is 4.74 Å².